The first-order valence-electron chi connectivity index (χ1n) is 6.59. The monoisotopic (exact) mass is 420 g/mol. The fourth-order valence-corrected chi connectivity index (χ4v) is 2.19. The van der Waals surface area contributed by atoms with E-state index < -0.39 is 5.91 Å². The minimum atomic E-state index is -0.499. The molecule has 2 N–H and O–H groups in total. The van der Waals surface area contributed by atoms with Gasteiger partial charge in [-0.1, -0.05) is 6.07 Å². The Kier molecular flexibility index (Phi) is 5.60. The molecule has 5 nitrogen and oxygen atoms in total. The minimum absolute atomic E-state index is 0.00787. The van der Waals surface area contributed by atoms with Gasteiger partial charge in [-0.05, 0) is 70.6 Å². The number of benzene rings is 2. The molecule has 0 saturated carbocycles. The Hall–Kier alpha value is -2.53. The standard InChI is InChI=1S/C17H13IN2O3/c1-23-16-9-11(2-7-15(16)21)8-12(10-19)17(22)20-14-5-3-13(18)4-6-14/h2-9,21H,1H3,(H,20,22)/b12-8+. The Morgan fingerprint density at radius 2 is 2.00 bits per heavy atom. The van der Waals surface area contributed by atoms with Gasteiger partial charge in [0, 0.05) is 9.26 Å². The molecule has 0 bridgehead atoms. The normalized spacial score (nSPS) is 10.7. The molecule has 2 aromatic carbocycles. The highest BCUT2D eigenvalue weighted by atomic mass is 127. The lowest BCUT2D eigenvalue weighted by Gasteiger charge is -2.06. The van der Waals surface area contributed by atoms with Crippen molar-refractivity contribution in [1.29, 1.82) is 5.26 Å². The molecule has 0 aromatic heterocycles. The third-order valence-corrected chi connectivity index (χ3v) is 3.70. The molecule has 2 rings (SSSR count). The van der Waals surface area contributed by atoms with Gasteiger partial charge in [0.05, 0.1) is 7.11 Å². The molecule has 0 heterocycles. The third-order valence-electron chi connectivity index (χ3n) is 2.98. The van der Waals surface area contributed by atoms with Gasteiger partial charge in [-0.15, -0.1) is 0 Å². The third kappa shape index (κ3) is 4.47. The van der Waals surface area contributed by atoms with E-state index in [4.69, 9.17) is 4.74 Å². The minimum Gasteiger partial charge on any atom is -0.504 e. The van der Waals surface area contributed by atoms with Crippen LogP contribution in [-0.4, -0.2) is 18.1 Å². The average molecular weight is 420 g/mol. The van der Waals surface area contributed by atoms with Crippen molar-refractivity contribution < 1.29 is 14.6 Å². The molecule has 1 amide bonds. The largest absolute Gasteiger partial charge is 0.504 e. The first-order valence-corrected chi connectivity index (χ1v) is 7.67. The molecule has 2 aromatic rings. The van der Waals surface area contributed by atoms with E-state index >= 15 is 0 Å². The zero-order chi connectivity index (χ0) is 16.8. The lowest BCUT2D eigenvalue weighted by atomic mass is 10.1. The van der Waals surface area contributed by atoms with Crippen LogP contribution >= 0.6 is 22.6 Å². The van der Waals surface area contributed by atoms with Crippen molar-refractivity contribution in [2.75, 3.05) is 12.4 Å². The predicted molar refractivity (Wildman–Crippen MR) is 96.0 cm³/mol. The molecule has 0 aliphatic heterocycles. The molecule has 0 saturated heterocycles. The number of nitrogens with zero attached hydrogens (tertiary/aromatic N) is 1. The summed E-state index contributed by atoms with van der Waals surface area (Å²) in [6.45, 7) is 0. The first kappa shape index (κ1) is 16.8. The second kappa shape index (κ2) is 7.65. The predicted octanol–water partition coefficient (Wildman–Crippen LogP) is 3.55. The van der Waals surface area contributed by atoms with Crippen molar-refractivity contribution in [2.24, 2.45) is 0 Å². The van der Waals surface area contributed by atoms with Crippen molar-refractivity contribution in [3.05, 3.63) is 57.2 Å². The zero-order valence-electron chi connectivity index (χ0n) is 12.2. The molecule has 0 spiro atoms. The lowest BCUT2D eigenvalue weighted by Crippen LogP contribution is -2.13. The SMILES string of the molecule is COc1cc(/C=C(\C#N)C(=O)Nc2ccc(I)cc2)ccc1O. The van der Waals surface area contributed by atoms with E-state index in [9.17, 15) is 15.2 Å². The number of nitrogens with one attached hydrogen (secondary N) is 1. The fraction of sp³-hybridized carbons (Fsp3) is 0.0588. The Morgan fingerprint density at radius 1 is 1.30 bits per heavy atom. The van der Waals surface area contributed by atoms with Crippen LogP contribution in [0.1, 0.15) is 5.56 Å². The molecule has 0 atom stereocenters. The maximum Gasteiger partial charge on any atom is 0.266 e. The summed E-state index contributed by atoms with van der Waals surface area (Å²) in [5.74, 6) is -0.235. The lowest BCUT2D eigenvalue weighted by molar-refractivity contribution is -0.112. The Bertz CT molecular complexity index is 792. The second-order valence-corrected chi connectivity index (χ2v) is 5.81. The number of carbonyl (C=O) groups is 1. The van der Waals surface area contributed by atoms with Crippen LogP contribution in [0.3, 0.4) is 0 Å². The number of hydrogen-bond acceptors (Lipinski definition) is 4. The van der Waals surface area contributed by atoms with Crippen LogP contribution in [0.4, 0.5) is 5.69 Å². The van der Waals surface area contributed by atoms with Gasteiger partial charge in [-0.2, -0.15) is 5.26 Å². The van der Waals surface area contributed by atoms with Crippen molar-refractivity contribution in [3.63, 3.8) is 0 Å². The maximum atomic E-state index is 12.2. The molecule has 0 aliphatic carbocycles. The number of phenolic OH excluding ortho intramolecular Hbond substituents is 1. The number of phenols is 1. The molecule has 0 radical (unpaired) electrons. The van der Waals surface area contributed by atoms with Crippen molar-refractivity contribution in [3.8, 4) is 17.6 Å². The Labute approximate surface area is 147 Å². The van der Waals surface area contributed by atoms with E-state index in [-0.39, 0.29) is 17.1 Å². The quantitative estimate of drug-likeness (QED) is 0.450. The van der Waals surface area contributed by atoms with Crippen molar-refractivity contribution >= 4 is 40.3 Å². The first-order chi connectivity index (χ1) is 11.0. The highest BCUT2D eigenvalue weighted by molar-refractivity contribution is 14.1. The summed E-state index contributed by atoms with van der Waals surface area (Å²) >= 11 is 2.17. The van der Waals surface area contributed by atoms with E-state index in [1.165, 1.54) is 19.3 Å². The number of aromatic hydroxyl groups is 1. The van der Waals surface area contributed by atoms with Crippen LogP contribution in [0.15, 0.2) is 48.0 Å². The summed E-state index contributed by atoms with van der Waals surface area (Å²) in [7, 11) is 1.43. The van der Waals surface area contributed by atoms with Gasteiger partial charge in [0.2, 0.25) is 0 Å². The number of hydrogen-bond donors (Lipinski definition) is 2. The van der Waals surface area contributed by atoms with Crippen molar-refractivity contribution in [1.82, 2.24) is 0 Å². The highest BCUT2D eigenvalue weighted by Gasteiger charge is 2.10. The second-order valence-electron chi connectivity index (χ2n) is 4.56. The molecule has 116 valence electrons. The smallest absolute Gasteiger partial charge is 0.266 e. The van der Waals surface area contributed by atoms with Crippen LogP contribution in [0, 0.1) is 14.9 Å². The topological polar surface area (TPSA) is 82.3 Å². The molecular formula is C17H13IN2O3. The Morgan fingerprint density at radius 3 is 2.61 bits per heavy atom. The number of nitriles is 1. The zero-order valence-corrected chi connectivity index (χ0v) is 14.4. The maximum absolute atomic E-state index is 12.2. The van der Waals surface area contributed by atoms with Gasteiger partial charge >= 0.3 is 0 Å². The highest BCUT2D eigenvalue weighted by Crippen LogP contribution is 2.27. The summed E-state index contributed by atoms with van der Waals surface area (Å²) in [5, 5.41) is 21.4. The molecule has 0 fully saturated rings. The number of carbonyl (C=O) groups excluding carboxylic acids is 1. The summed E-state index contributed by atoms with van der Waals surface area (Å²) in [6, 6.07) is 13.7. The summed E-state index contributed by atoms with van der Waals surface area (Å²) in [6.07, 6.45) is 1.43. The van der Waals surface area contributed by atoms with E-state index in [2.05, 4.69) is 27.9 Å². The van der Waals surface area contributed by atoms with Crippen LogP contribution in [0.2, 0.25) is 0 Å². The number of amides is 1. The van der Waals surface area contributed by atoms with E-state index in [1.54, 1.807) is 24.3 Å². The number of halogens is 1. The van der Waals surface area contributed by atoms with Gasteiger partial charge in [-0.25, -0.2) is 0 Å². The van der Waals surface area contributed by atoms with Gasteiger partial charge in [0.1, 0.15) is 11.6 Å². The fourth-order valence-electron chi connectivity index (χ4n) is 1.83. The summed E-state index contributed by atoms with van der Waals surface area (Å²) < 4.78 is 6.05. The molecule has 23 heavy (non-hydrogen) atoms. The summed E-state index contributed by atoms with van der Waals surface area (Å²) in [5.41, 5.74) is 1.14. The van der Waals surface area contributed by atoms with E-state index in [0.29, 0.717) is 11.3 Å². The van der Waals surface area contributed by atoms with Gasteiger partial charge in [-0.3, -0.25) is 4.79 Å². The van der Waals surface area contributed by atoms with Crippen LogP contribution in [0.25, 0.3) is 6.08 Å². The van der Waals surface area contributed by atoms with Gasteiger partial charge in [0.25, 0.3) is 5.91 Å². The Balaban J connectivity index is 2.23. The molecule has 0 aliphatic rings. The number of rotatable bonds is 4. The van der Waals surface area contributed by atoms with Crippen molar-refractivity contribution in [2.45, 2.75) is 0 Å². The van der Waals surface area contributed by atoms with Crippen LogP contribution < -0.4 is 10.1 Å². The molecule has 6 heteroatoms. The van der Waals surface area contributed by atoms with Gasteiger partial charge in [0.15, 0.2) is 11.5 Å². The molecular weight excluding hydrogens is 407 g/mol. The van der Waals surface area contributed by atoms with Crippen LogP contribution in [0.5, 0.6) is 11.5 Å². The van der Waals surface area contributed by atoms with Crippen LogP contribution in [-0.2, 0) is 4.79 Å². The number of anilines is 1. The number of methoxy groups -OCH3 is 1. The van der Waals surface area contributed by atoms with Gasteiger partial charge < -0.3 is 15.2 Å². The van der Waals surface area contributed by atoms with E-state index in [1.807, 2.05) is 18.2 Å². The average Bonchev–Trinajstić information content (AvgIpc) is 2.56. The summed E-state index contributed by atoms with van der Waals surface area (Å²) in [4.78, 5) is 12.2. The van der Waals surface area contributed by atoms with E-state index in [0.717, 1.165) is 3.57 Å². The molecule has 0 unspecified atom stereocenters. The number of ether oxygens (including phenoxy) is 1.